The number of rotatable bonds is 4. The normalized spacial score (nSPS) is 13.3. The number of benzene rings is 8. The molecule has 52 heavy (non-hydrogen) atoms. The van der Waals surface area contributed by atoms with E-state index in [9.17, 15) is 0 Å². The lowest BCUT2D eigenvalue weighted by Gasteiger charge is -2.40. The van der Waals surface area contributed by atoms with Crippen LogP contribution in [0.2, 0.25) is 0 Å². The van der Waals surface area contributed by atoms with Crippen molar-refractivity contribution in [2.75, 3.05) is 0 Å². The van der Waals surface area contributed by atoms with Crippen molar-refractivity contribution in [1.82, 2.24) is 4.57 Å². The number of furan rings is 1. The van der Waals surface area contributed by atoms with Crippen LogP contribution < -0.4 is 25.5 Å². The van der Waals surface area contributed by atoms with Gasteiger partial charge in [-0.15, -0.1) is 0 Å². The third-order valence-electron chi connectivity index (χ3n) is 10.9. The van der Waals surface area contributed by atoms with E-state index >= 15 is 0 Å². The Labute approximate surface area is 301 Å². The zero-order valence-electron chi connectivity index (χ0n) is 28.2. The summed E-state index contributed by atoms with van der Waals surface area (Å²) >= 11 is 0. The topological polar surface area (TPSA) is 27.3 Å². The van der Waals surface area contributed by atoms with Crippen molar-refractivity contribution in [2.45, 2.75) is 0 Å². The van der Waals surface area contributed by atoms with E-state index < -0.39 is 8.07 Å². The maximum Gasteiger partial charge on any atom is 0.188 e. The molecule has 4 heteroatoms. The first kappa shape index (κ1) is 29.1. The summed E-state index contributed by atoms with van der Waals surface area (Å²) in [5, 5.41) is 9.80. The maximum atomic E-state index is 7.05. The average Bonchev–Trinajstić information content (AvgIpc) is 3.77. The number of aromatic nitrogens is 1. The lowest BCUT2D eigenvalue weighted by molar-refractivity contribution is 0.489. The first-order chi connectivity index (χ1) is 25.8. The van der Waals surface area contributed by atoms with Gasteiger partial charge < -0.3 is 13.7 Å². The van der Waals surface area contributed by atoms with Crippen molar-refractivity contribution in [3.63, 3.8) is 0 Å². The first-order valence-electron chi connectivity index (χ1n) is 17.8. The molecule has 0 spiro atoms. The number of nitrogens with zero attached hydrogens (tertiary/aromatic N) is 1. The molecule has 0 fully saturated rings. The number of para-hydroxylation sites is 5. The van der Waals surface area contributed by atoms with Crippen LogP contribution in [-0.4, -0.2) is 12.6 Å². The average molecular weight is 682 g/mol. The second-order valence-corrected chi connectivity index (χ2v) is 17.3. The predicted octanol–water partition coefficient (Wildman–Crippen LogP) is 9.83. The zero-order chi connectivity index (χ0) is 34.2. The van der Waals surface area contributed by atoms with Gasteiger partial charge >= 0.3 is 0 Å². The van der Waals surface area contributed by atoms with Crippen LogP contribution in [0.1, 0.15) is 0 Å². The van der Waals surface area contributed by atoms with E-state index in [0.717, 1.165) is 50.3 Å². The van der Waals surface area contributed by atoms with Crippen LogP contribution in [0.15, 0.2) is 192 Å². The van der Waals surface area contributed by atoms with Gasteiger partial charge in [0.2, 0.25) is 0 Å². The van der Waals surface area contributed by atoms with Crippen LogP contribution in [-0.2, 0) is 0 Å². The van der Waals surface area contributed by atoms with E-state index in [2.05, 4.69) is 193 Å². The van der Waals surface area contributed by atoms with Crippen molar-refractivity contribution in [1.29, 1.82) is 0 Å². The molecule has 0 unspecified atom stereocenters. The van der Waals surface area contributed by atoms with Gasteiger partial charge in [0.05, 0.1) is 22.1 Å². The summed E-state index contributed by atoms with van der Waals surface area (Å²) < 4.78 is 16.4. The van der Waals surface area contributed by atoms with Crippen molar-refractivity contribution >= 4 is 72.6 Å². The molecule has 1 aliphatic heterocycles. The molecule has 0 atom stereocenters. The molecule has 0 radical (unpaired) electrons. The third kappa shape index (κ3) is 3.95. The number of hydrogen-bond acceptors (Lipinski definition) is 2. The highest BCUT2D eigenvalue weighted by Gasteiger charge is 2.48. The Morgan fingerprint density at radius 2 is 0.981 bits per heavy atom. The van der Waals surface area contributed by atoms with Crippen LogP contribution in [0.4, 0.5) is 0 Å². The number of hydrogen-bond donors (Lipinski definition) is 0. The molecule has 1 aliphatic rings. The van der Waals surface area contributed by atoms with Gasteiger partial charge in [0.25, 0.3) is 0 Å². The zero-order valence-corrected chi connectivity index (χ0v) is 29.2. The molecule has 0 amide bonds. The molecule has 0 bridgehead atoms. The summed E-state index contributed by atoms with van der Waals surface area (Å²) in [6.45, 7) is 0. The molecular formula is C48H31NO2Si. The molecule has 2 aromatic heterocycles. The minimum Gasteiger partial charge on any atom is -0.457 e. The summed E-state index contributed by atoms with van der Waals surface area (Å²) in [5.41, 5.74) is 7.21. The van der Waals surface area contributed by atoms with E-state index in [4.69, 9.17) is 9.15 Å². The van der Waals surface area contributed by atoms with Crippen molar-refractivity contribution in [3.8, 4) is 28.3 Å². The summed E-state index contributed by atoms with van der Waals surface area (Å²) in [7, 11) is -2.80. The summed E-state index contributed by atoms with van der Waals surface area (Å²) in [6, 6.07) is 67.6. The van der Waals surface area contributed by atoms with Crippen LogP contribution in [0.25, 0.3) is 60.6 Å². The largest absolute Gasteiger partial charge is 0.457 e. The molecule has 3 heterocycles. The molecule has 8 aromatic carbocycles. The minimum atomic E-state index is -2.80. The van der Waals surface area contributed by atoms with Crippen LogP contribution in [0.3, 0.4) is 0 Å². The molecule has 0 saturated heterocycles. The molecular weight excluding hydrogens is 651 g/mol. The van der Waals surface area contributed by atoms with Crippen molar-refractivity contribution in [2.24, 2.45) is 0 Å². The highest BCUT2D eigenvalue weighted by Crippen LogP contribution is 2.44. The molecule has 244 valence electrons. The Bertz CT molecular complexity index is 2900. The van der Waals surface area contributed by atoms with Gasteiger partial charge in [-0.3, -0.25) is 0 Å². The second kappa shape index (κ2) is 11.2. The monoisotopic (exact) mass is 681 g/mol. The number of ether oxygens (including phenoxy) is 1. The van der Waals surface area contributed by atoms with Gasteiger partial charge in [-0.1, -0.05) is 158 Å². The van der Waals surface area contributed by atoms with E-state index in [-0.39, 0.29) is 0 Å². The van der Waals surface area contributed by atoms with Gasteiger partial charge in [-0.2, -0.15) is 0 Å². The maximum absolute atomic E-state index is 7.05. The fourth-order valence-corrected chi connectivity index (χ4v) is 13.8. The van der Waals surface area contributed by atoms with Gasteiger partial charge in [0.15, 0.2) is 8.07 Å². The smallest absolute Gasteiger partial charge is 0.188 e. The van der Waals surface area contributed by atoms with Gasteiger partial charge in [0, 0.05) is 27.3 Å². The lowest BCUT2D eigenvalue weighted by atomic mass is 10.0. The van der Waals surface area contributed by atoms with Crippen LogP contribution >= 0.6 is 0 Å². The quantitative estimate of drug-likeness (QED) is 0.173. The number of fused-ring (bicyclic) bond motifs is 8. The Morgan fingerprint density at radius 1 is 0.423 bits per heavy atom. The van der Waals surface area contributed by atoms with Crippen LogP contribution in [0.5, 0.6) is 11.5 Å². The molecule has 10 aromatic rings. The standard InChI is InChI=1S/C48H31NO2Si/c1-3-16-32(17-4-1)52(33-18-5-2-6-19-33)44-30-12-11-28-42(44)50-48-37(23-14-31-45(48)52)36-22-13-24-38-46-41(27-15-29-43(46)51-47(36)38)49-39-25-9-7-20-34(39)35-21-8-10-26-40(35)49/h1-31H. The van der Waals surface area contributed by atoms with Crippen LogP contribution in [0, 0.1) is 0 Å². The fraction of sp³-hybridized carbons (Fsp3) is 0. The SMILES string of the molecule is c1ccc([Si]2(c3ccccc3)c3ccccc3Oc3c(-c4cccc5c4oc4cccc(-n6c7ccccc7c7ccccc76)c45)cccc32)cc1. The summed E-state index contributed by atoms with van der Waals surface area (Å²) in [6.07, 6.45) is 0. The van der Waals surface area contributed by atoms with Crippen molar-refractivity contribution < 1.29 is 9.15 Å². The Kier molecular flexibility index (Phi) is 6.27. The van der Waals surface area contributed by atoms with Gasteiger partial charge in [-0.25, -0.2) is 0 Å². The van der Waals surface area contributed by atoms with E-state index in [0.29, 0.717) is 0 Å². The molecule has 11 rings (SSSR count). The third-order valence-corrected chi connectivity index (χ3v) is 15.8. The van der Waals surface area contributed by atoms with E-state index in [1.807, 2.05) is 0 Å². The predicted molar refractivity (Wildman–Crippen MR) is 217 cm³/mol. The summed E-state index contributed by atoms with van der Waals surface area (Å²) in [5.74, 6) is 1.81. The molecule has 0 aliphatic carbocycles. The molecule has 0 N–H and O–H groups in total. The van der Waals surface area contributed by atoms with Gasteiger partial charge in [0.1, 0.15) is 22.7 Å². The van der Waals surface area contributed by atoms with Crippen molar-refractivity contribution in [3.05, 3.63) is 188 Å². The van der Waals surface area contributed by atoms with Gasteiger partial charge in [-0.05, 0) is 51.1 Å². The summed E-state index contributed by atoms with van der Waals surface area (Å²) in [4.78, 5) is 0. The second-order valence-electron chi connectivity index (χ2n) is 13.6. The first-order valence-corrected chi connectivity index (χ1v) is 19.8. The lowest BCUT2D eigenvalue weighted by Crippen LogP contribution is -2.76. The highest BCUT2D eigenvalue weighted by molar-refractivity contribution is 7.20. The Morgan fingerprint density at radius 3 is 1.71 bits per heavy atom. The van der Waals surface area contributed by atoms with E-state index in [1.165, 1.54) is 42.6 Å². The molecule has 0 saturated carbocycles. The molecule has 3 nitrogen and oxygen atoms in total. The minimum absolute atomic E-state index is 0.855. The highest BCUT2D eigenvalue weighted by atomic mass is 28.3. The van der Waals surface area contributed by atoms with E-state index in [1.54, 1.807) is 0 Å². The Hall–Kier alpha value is -6.62. The fourth-order valence-electron chi connectivity index (χ4n) is 8.85. The Balaban J connectivity index is 1.20.